The van der Waals surface area contributed by atoms with Gasteiger partial charge in [0.25, 0.3) is 0 Å². The van der Waals surface area contributed by atoms with Crippen LogP contribution in [0.1, 0.15) is 39.2 Å². The third-order valence-corrected chi connectivity index (χ3v) is 4.49. The molecule has 1 aromatic heterocycles. The third kappa shape index (κ3) is 6.04. The number of piperidine rings is 1. The van der Waals surface area contributed by atoms with Crippen molar-refractivity contribution in [3.8, 4) is 0 Å². The molecule has 1 aliphatic heterocycles. The van der Waals surface area contributed by atoms with Crippen molar-refractivity contribution in [2.45, 2.75) is 45.8 Å². The summed E-state index contributed by atoms with van der Waals surface area (Å²) in [5.74, 6) is 0. The van der Waals surface area contributed by atoms with Crippen molar-refractivity contribution in [2.75, 3.05) is 33.4 Å². The quantitative estimate of drug-likeness (QED) is 0.856. The largest absolute Gasteiger partial charge is 0.444 e. The van der Waals surface area contributed by atoms with Gasteiger partial charge in [-0.3, -0.25) is 0 Å². The molecule has 6 heteroatoms. The van der Waals surface area contributed by atoms with E-state index in [1.165, 1.54) is 5.56 Å². The number of ether oxygens (including phenoxy) is 2. The number of hydrogen-bond donors (Lipinski definition) is 1. The second kappa shape index (κ2) is 8.23. The third-order valence-electron chi connectivity index (χ3n) is 4.49. The first-order valence-electron chi connectivity index (χ1n) is 9.01. The zero-order chi connectivity index (χ0) is 18.5. The summed E-state index contributed by atoms with van der Waals surface area (Å²) >= 11 is 0. The van der Waals surface area contributed by atoms with E-state index in [0.717, 1.165) is 32.5 Å². The molecule has 142 valence electrons. The molecule has 25 heavy (non-hydrogen) atoms. The van der Waals surface area contributed by atoms with E-state index in [-0.39, 0.29) is 11.5 Å². The minimum Gasteiger partial charge on any atom is -0.444 e. The molecule has 0 spiro atoms. The SMILES string of the molecule is COCC1(CNCc2ccn(C)c2)CCCN(C(=O)OC(C)(C)C)C1. The molecule has 0 radical (unpaired) electrons. The normalized spacial score (nSPS) is 21.4. The second-order valence-corrected chi connectivity index (χ2v) is 8.23. The number of aromatic nitrogens is 1. The first-order chi connectivity index (χ1) is 11.7. The molecule has 6 nitrogen and oxygen atoms in total. The van der Waals surface area contributed by atoms with Gasteiger partial charge in [0.15, 0.2) is 0 Å². The summed E-state index contributed by atoms with van der Waals surface area (Å²) in [6, 6.07) is 2.11. The van der Waals surface area contributed by atoms with Crippen molar-refractivity contribution >= 4 is 6.09 Å². The monoisotopic (exact) mass is 351 g/mol. The molecule has 1 amide bonds. The molecule has 1 atom stereocenters. The van der Waals surface area contributed by atoms with Gasteiger partial charge in [0.05, 0.1) is 6.61 Å². The maximum atomic E-state index is 12.4. The Balaban J connectivity index is 1.95. The number of likely N-dealkylation sites (tertiary alicyclic amines) is 1. The highest BCUT2D eigenvalue weighted by atomic mass is 16.6. The van der Waals surface area contributed by atoms with Gasteiger partial charge >= 0.3 is 6.09 Å². The van der Waals surface area contributed by atoms with E-state index in [4.69, 9.17) is 9.47 Å². The van der Waals surface area contributed by atoms with E-state index in [1.54, 1.807) is 7.11 Å². The highest BCUT2D eigenvalue weighted by molar-refractivity contribution is 5.68. The predicted molar refractivity (Wildman–Crippen MR) is 98.5 cm³/mol. The summed E-state index contributed by atoms with van der Waals surface area (Å²) in [6.07, 6.45) is 5.95. The van der Waals surface area contributed by atoms with Crippen LogP contribution >= 0.6 is 0 Å². The van der Waals surface area contributed by atoms with Gasteiger partial charge in [0.1, 0.15) is 5.60 Å². The molecule has 1 aromatic rings. The molecule has 2 rings (SSSR count). The number of carbonyl (C=O) groups excluding carboxylic acids is 1. The van der Waals surface area contributed by atoms with Crippen LogP contribution in [-0.2, 0) is 23.1 Å². The van der Waals surface area contributed by atoms with Crippen molar-refractivity contribution in [3.05, 3.63) is 24.0 Å². The molecule has 0 aliphatic carbocycles. The fourth-order valence-electron chi connectivity index (χ4n) is 3.45. The Labute approximate surface area is 151 Å². The van der Waals surface area contributed by atoms with Crippen LogP contribution in [0.5, 0.6) is 0 Å². The standard InChI is InChI=1S/C19H33N3O3/c1-18(2,3)25-17(23)22-9-6-8-19(14-22,15-24-5)13-20-11-16-7-10-21(4)12-16/h7,10,12,20H,6,8-9,11,13-15H2,1-5H3. The molecule has 0 bridgehead atoms. The molecule has 0 saturated carbocycles. The Kier molecular flexibility index (Phi) is 6.52. The van der Waals surface area contributed by atoms with Gasteiger partial charge in [0, 0.05) is 58.1 Å². The summed E-state index contributed by atoms with van der Waals surface area (Å²) in [5.41, 5.74) is 0.720. The molecular weight excluding hydrogens is 318 g/mol. The molecule has 0 aromatic carbocycles. The van der Waals surface area contributed by atoms with E-state index in [0.29, 0.717) is 13.2 Å². The van der Waals surface area contributed by atoms with Crippen molar-refractivity contribution in [1.29, 1.82) is 0 Å². The number of carbonyl (C=O) groups is 1. The molecule has 1 fully saturated rings. The van der Waals surface area contributed by atoms with Gasteiger partial charge in [-0.25, -0.2) is 4.79 Å². The number of methoxy groups -OCH3 is 1. The van der Waals surface area contributed by atoms with Gasteiger partial charge in [-0.15, -0.1) is 0 Å². The van der Waals surface area contributed by atoms with Gasteiger partial charge < -0.3 is 24.3 Å². The Morgan fingerprint density at radius 2 is 2.16 bits per heavy atom. The fourth-order valence-corrected chi connectivity index (χ4v) is 3.45. The molecule has 1 saturated heterocycles. The zero-order valence-electron chi connectivity index (χ0n) is 16.3. The minimum atomic E-state index is -0.468. The van der Waals surface area contributed by atoms with Gasteiger partial charge in [0.2, 0.25) is 0 Å². The van der Waals surface area contributed by atoms with Crippen LogP contribution in [0.3, 0.4) is 0 Å². The Morgan fingerprint density at radius 1 is 1.40 bits per heavy atom. The minimum absolute atomic E-state index is 0.0707. The smallest absolute Gasteiger partial charge is 0.410 e. The van der Waals surface area contributed by atoms with Crippen LogP contribution in [0.4, 0.5) is 4.79 Å². The maximum absolute atomic E-state index is 12.4. The second-order valence-electron chi connectivity index (χ2n) is 8.23. The van der Waals surface area contributed by atoms with Crippen molar-refractivity contribution in [3.63, 3.8) is 0 Å². The van der Waals surface area contributed by atoms with E-state index >= 15 is 0 Å². The number of nitrogens with zero attached hydrogens (tertiary/aromatic N) is 2. The average Bonchev–Trinajstić information content (AvgIpc) is 2.91. The van der Waals surface area contributed by atoms with Crippen LogP contribution in [0.2, 0.25) is 0 Å². The lowest BCUT2D eigenvalue weighted by Crippen LogP contribution is -2.53. The van der Waals surface area contributed by atoms with Crippen molar-refractivity contribution < 1.29 is 14.3 Å². The van der Waals surface area contributed by atoms with Crippen LogP contribution in [0.15, 0.2) is 18.5 Å². The van der Waals surface area contributed by atoms with E-state index in [1.807, 2.05) is 43.5 Å². The molecule has 1 aliphatic rings. The summed E-state index contributed by atoms with van der Waals surface area (Å²) in [4.78, 5) is 14.3. The average molecular weight is 351 g/mol. The Hall–Kier alpha value is -1.53. The lowest BCUT2D eigenvalue weighted by Gasteiger charge is -2.42. The van der Waals surface area contributed by atoms with Crippen LogP contribution in [-0.4, -0.2) is 54.5 Å². The number of rotatable bonds is 6. The summed E-state index contributed by atoms with van der Waals surface area (Å²) in [6.45, 7) is 9.38. The summed E-state index contributed by atoms with van der Waals surface area (Å²) in [5, 5.41) is 3.55. The topological polar surface area (TPSA) is 55.7 Å². The number of hydrogen-bond acceptors (Lipinski definition) is 4. The van der Waals surface area contributed by atoms with Gasteiger partial charge in [-0.1, -0.05) is 0 Å². The molecular formula is C19H33N3O3. The Bertz CT molecular complexity index is 561. The van der Waals surface area contributed by atoms with Gasteiger partial charge in [-0.05, 0) is 45.2 Å². The van der Waals surface area contributed by atoms with E-state index < -0.39 is 5.60 Å². The molecule has 1 unspecified atom stereocenters. The number of aryl methyl sites for hydroxylation is 1. The first-order valence-corrected chi connectivity index (χ1v) is 9.01. The lowest BCUT2D eigenvalue weighted by molar-refractivity contribution is -0.0155. The van der Waals surface area contributed by atoms with Crippen molar-refractivity contribution in [2.24, 2.45) is 12.5 Å². The maximum Gasteiger partial charge on any atom is 0.410 e. The molecule has 1 N–H and O–H groups in total. The first kappa shape index (κ1) is 19.8. The van der Waals surface area contributed by atoms with E-state index in [9.17, 15) is 4.79 Å². The summed E-state index contributed by atoms with van der Waals surface area (Å²) < 4.78 is 13.1. The van der Waals surface area contributed by atoms with Crippen LogP contribution < -0.4 is 5.32 Å². The molecule has 2 heterocycles. The predicted octanol–water partition coefficient (Wildman–Crippen LogP) is 2.78. The van der Waals surface area contributed by atoms with Crippen LogP contribution in [0, 0.1) is 5.41 Å². The Morgan fingerprint density at radius 3 is 2.76 bits per heavy atom. The summed E-state index contributed by atoms with van der Waals surface area (Å²) in [7, 11) is 3.75. The highest BCUT2D eigenvalue weighted by Crippen LogP contribution is 2.31. The fraction of sp³-hybridized carbons (Fsp3) is 0.737. The van der Waals surface area contributed by atoms with Crippen molar-refractivity contribution in [1.82, 2.24) is 14.8 Å². The van der Waals surface area contributed by atoms with Crippen LogP contribution in [0.25, 0.3) is 0 Å². The zero-order valence-corrected chi connectivity index (χ0v) is 16.3. The number of nitrogens with one attached hydrogen (secondary N) is 1. The lowest BCUT2D eigenvalue weighted by atomic mass is 9.80. The number of amides is 1. The van der Waals surface area contributed by atoms with Gasteiger partial charge in [-0.2, -0.15) is 0 Å². The van der Waals surface area contributed by atoms with E-state index in [2.05, 4.69) is 17.6 Å². The highest BCUT2D eigenvalue weighted by Gasteiger charge is 2.38.